The standard InChI is InChI=1S/C24H31FO4/c25-21-15-23(27)20(9-3-1-2-4-10-24(28)29)19(21)11-12-22(26)18-13-16-7-5-6-8-17(16)14-18/h1,3,5-8,11-12,18-23,26-27H,2,4,9-10,13-15H2,(H,28,29)/b3-1-,12-11+/t19?,20-,21+,22-,23+/m1/s1. The Kier molecular flexibility index (Phi) is 7.62. The number of benzene rings is 1. The maximum Gasteiger partial charge on any atom is 0.303 e. The summed E-state index contributed by atoms with van der Waals surface area (Å²) >= 11 is 0. The average molecular weight is 403 g/mol. The van der Waals surface area contributed by atoms with Crippen molar-refractivity contribution in [2.45, 2.75) is 63.3 Å². The number of alkyl halides is 1. The van der Waals surface area contributed by atoms with Crippen molar-refractivity contribution in [3.05, 3.63) is 59.7 Å². The summed E-state index contributed by atoms with van der Waals surface area (Å²) in [5, 5.41) is 29.5. The van der Waals surface area contributed by atoms with E-state index in [0.717, 1.165) is 12.8 Å². The molecule has 3 rings (SSSR count). The van der Waals surface area contributed by atoms with E-state index in [1.165, 1.54) is 11.1 Å². The Hall–Kier alpha value is -1.98. The van der Waals surface area contributed by atoms with Gasteiger partial charge >= 0.3 is 5.97 Å². The molecule has 3 N–H and O–H groups in total. The first-order chi connectivity index (χ1) is 14.0. The number of rotatable bonds is 9. The maximum absolute atomic E-state index is 14.5. The van der Waals surface area contributed by atoms with Crippen LogP contribution in [-0.2, 0) is 17.6 Å². The van der Waals surface area contributed by atoms with E-state index >= 15 is 0 Å². The lowest BCUT2D eigenvalue weighted by Crippen LogP contribution is -2.21. The summed E-state index contributed by atoms with van der Waals surface area (Å²) < 4.78 is 14.5. The lowest BCUT2D eigenvalue weighted by Gasteiger charge is -2.20. The molecule has 0 amide bonds. The van der Waals surface area contributed by atoms with E-state index in [1.807, 2.05) is 24.3 Å². The third kappa shape index (κ3) is 5.77. The molecule has 0 spiro atoms. The molecular weight excluding hydrogens is 371 g/mol. The Bertz CT molecular complexity index is 719. The first kappa shape index (κ1) is 21.7. The minimum Gasteiger partial charge on any atom is -0.481 e. The van der Waals surface area contributed by atoms with Gasteiger partial charge in [0.2, 0.25) is 0 Å². The zero-order valence-electron chi connectivity index (χ0n) is 16.7. The van der Waals surface area contributed by atoms with E-state index in [9.17, 15) is 19.4 Å². The van der Waals surface area contributed by atoms with Crippen molar-refractivity contribution in [3.63, 3.8) is 0 Å². The van der Waals surface area contributed by atoms with Gasteiger partial charge in [-0.15, -0.1) is 0 Å². The van der Waals surface area contributed by atoms with Gasteiger partial charge in [-0.25, -0.2) is 4.39 Å². The molecule has 5 atom stereocenters. The number of carboxylic acid groups (broad SMARTS) is 1. The van der Waals surface area contributed by atoms with Crippen LogP contribution in [0.4, 0.5) is 4.39 Å². The fourth-order valence-corrected chi connectivity index (χ4v) is 4.64. The number of hydrogen-bond acceptors (Lipinski definition) is 3. The van der Waals surface area contributed by atoms with Crippen LogP contribution in [0.2, 0.25) is 0 Å². The minimum atomic E-state index is -1.11. The number of allylic oxidation sites excluding steroid dienone is 3. The lowest BCUT2D eigenvalue weighted by atomic mass is 9.89. The van der Waals surface area contributed by atoms with Crippen molar-refractivity contribution >= 4 is 5.97 Å². The highest BCUT2D eigenvalue weighted by Gasteiger charge is 2.40. The van der Waals surface area contributed by atoms with Crippen LogP contribution in [0.25, 0.3) is 0 Å². The van der Waals surface area contributed by atoms with E-state index < -0.39 is 30.3 Å². The summed E-state index contributed by atoms with van der Waals surface area (Å²) in [4.78, 5) is 10.5. The van der Waals surface area contributed by atoms with E-state index in [1.54, 1.807) is 12.2 Å². The number of unbranched alkanes of at least 4 members (excludes halogenated alkanes) is 1. The van der Waals surface area contributed by atoms with Gasteiger partial charge in [-0.1, -0.05) is 48.6 Å². The van der Waals surface area contributed by atoms with Gasteiger partial charge in [-0.2, -0.15) is 0 Å². The van der Waals surface area contributed by atoms with Gasteiger partial charge in [0, 0.05) is 18.8 Å². The Labute approximate surface area is 171 Å². The van der Waals surface area contributed by atoms with Crippen LogP contribution in [0.3, 0.4) is 0 Å². The van der Waals surface area contributed by atoms with Crippen molar-refractivity contribution in [3.8, 4) is 0 Å². The number of fused-ring (bicyclic) bond motifs is 1. The molecule has 0 aromatic heterocycles. The number of aliphatic carboxylic acids is 1. The summed E-state index contributed by atoms with van der Waals surface area (Å²) in [6, 6.07) is 8.21. The summed E-state index contributed by atoms with van der Waals surface area (Å²) in [5.74, 6) is -1.32. The fourth-order valence-electron chi connectivity index (χ4n) is 4.64. The van der Waals surface area contributed by atoms with E-state index in [2.05, 4.69) is 12.1 Å². The predicted octanol–water partition coefficient (Wildman–Crippen LogP) is 3.85. The molecule has 0 radical (unpaired) electrons. The zero-order valence-corrected chi connectivity index (χ0v) is 16.7. The highest BCUT2D eigenvalue weighted by atomic mass is 19.1. The van der Waals surface area contributed by atoms with Gasteiger partial charge in [-0.3, -0.25) is 4.79 Å². The number of carboxylic acids is 1. The molecule has 1 saturated carbocycles. The molecule has 158 valence electrons. The van der Waals surface area contributed by atoms with Crippen molar-refractivity contribution in [2.75, 3.05) is 0 Å². The number of halogens is 1. The number of aliphatic hydroxyl groups excluding tert-OH is 2. The highest BCUT2D eigenvalue weighted by Crippen LogP contribution is 2.38. The topological polar surface area (TPSA) is 77.8 Å². The van der Waals surface area contributed by atoms with E-state index in [0.29, 0.717) is 19.3 Å². The molecule has 0 aliphatic heterocycles. The van der Waals surface area contributed by atoms with Crippen LogP contribution in [0, 0.1) is 17.8 Å². The molecule has 2 aliphatic carbocycles. The zero-order chi connectivity index (χ0) is 20.8. The SMILES string of the molecule is O=C(O)CCC/C=C\C[C@@H]1C(/C=C/[C@@H](O)C2Cc3ccccc3C2)[C@@H](F)C[C@@H]1O. The van der Waals surface area contributed by atoms with Crippen molar-refractivity contribution < 1.29 is 24.5 Å². The van der Waals surface area contributed by atoms with Gasteiger partial charge in [0.25, 0.3) is 0 Å². The third-order valence-corrected chi connectivity index (χ3v) is 6.31. The Morgan fingerprint density at radius 1 is 1.21 bits per heavy atom. The Morgan fingerprint density at radius 3 is 2.55 bits per heavy atom. The van der Waals surface area contributed by atoms with Gasteiger partial charge in [-0.05, 0) is 55.1 Å². The molecule has 0 saturated heterocycles. The van der Waals surface area contributed by atoms with Crippen molar-refractivity contribution in [1.82, 2.24) is 0 Å². The molecule has 1 aromatic rings. The predicted molar refractivity (Wildman–Crippen MR) is 110 cm³/mol. The van der Waals surface area contributed by atoms with Crippen LogP contribution >= 0.6 is 0 Å². The number of aliphatic hydroxyl groups is 2. The molecule has 2 aliphatic rings. The smallest absolute Gasteiger partial charge is 0.303 e. The summed E-state index contributed by atoms with van der Waals surface area (Å²) in [5.41, 5.74) is 2.55. The van der Waals surface area contributed by atoms with E-state index in [-0.39, 0.29) is 24.7 Å². The van der Waals surface area contributed by atoms with Gasteiger partial charge in [0.1, 0.15) is 6.17 Å². The fraction of sp³-hybridized carbons (Fsp3) is 0.542. The lowest BCUT2D eigenvalue weighted by molar-refractivity contribution is -0.137. The van der Waals surface area contributed by atoms with Crippen LogP contribution in [0.5, 0.6) is 0 Å². The summed E-state index contributed by atoms with van der Waals surface area (Å²) in [7, 11) is 0. The molecule has 1 aromatic carbocycles. The van der Waals surface area contributed by atoms with Gasteiger partial charge in [0.15, 0.2) is 0 Å². The maximum atomic E-state index is 14.5. The largest absolute Gasteiger partial charge is 0.481 e. The Morgan fingerprint density at radius 2 is 1.90 bits per heavy atom. The molecular formula is C24H31FO4. The van der Waals surface area contributed by atoms with Crippen LogP contribution in [0.1, 0.15) is 43.2 Å². The molecule has 29 heavy (non-hydrogen) atoms. The summed E-state index contributed by atoms with van der Waals surface area (Å²) in [6.07, 6.45) is 8.57. The number of carbonyl (C=O) groups is 1. The minimum absolute atomic E-state index is 0.112. The second-order valence-electron chi connectivity index (χ2n) is 8.37. The number of hydrogen-bond donors (Lipinski definition) is 3. The Balaban J connectivity index is 1.53. The first-order valence-electron chi connectivity index (χ1n) is 10.6. The second kappa shape index (κ2) is 10.2. The molecule has 0 heterocycles. The molecule has 5 heteroatoms. The second-order valence-corrected chi connectivity index (χ2v) is 8.37. The molecule has 1 unspecified atom stereocenters. The molecule has 0 bridgehead atoms. The monoisotopic (exact) mass is 402 g/mol. The first-order valence-corrected chi connectivity index (χ1v) is 10.6. The van der Waals surface area contributed by atoms with Crippen molar-refractivity contribution in [2.24, 2.45) is 17.8 Å². The third-order valence-electron chi connectivity index (χ3n) is 6.31. The van der Waals surface area contributed by atoms with Crippen LogP contribution < -0.4 is 0 Å². The summed E-state index contributed by atoms with van der Waals surface area (Å²) in [6.45, 7) is 0. The van der Waals surface area contributed by atoms with Crippen LogP contribution in [-0.4, -0.2) is 39.7 Å². The van der Waals surface area contributed by atoms with Crippen LogP contribution in [0.15, 0.2) is 48.6 Å². The van der Waals surface area contributed by atoms with Gasteiger partial charge in [0.05, 0.1) is 12.2 Å². The van der Waals surface area contributed by atoms with E-state index in [4.69, 9.17) is 5.11 Å². The van der Waals surface area contributed by atoms with Gasteiger partial charge < -0.3 is 15.3 Å². The van der Waals surface area contributed by atoms with Crippen molar-refractivity contribution in [1.29, 1.82) is 0 Å². The normalized spacial score (nSPS) is 28.4. The molecule has 1 fully saturated rings. The average Bonchev–Trinajstić information content (AvgIpc) is 3.23. The molecule has 4 nitrogen and oxygen atoms in total. The highest BCUT2D eigenvalue weighted by molar-refractivity contribution is 5.66. The quantitative estimate of drug-likeness (QED) is 0.433.